The molecule has 11 aromatic carbocycles. The van der Waals surface area contributed by atoms with E-state index in [1.54, 1.807) is 0 Å². The van der Waals surface area contributed by atoms with E-state index in [0.29, 0.717) is 0 Å². The fourth-order valence-corrected chi connectivity index (χ4v) is 11.9. The molecule has 0 bridgehead atoms. The molecule has 13 rings (SSSR count). The molecule has 0 radical (unpaired) electrons. The van der Waals surface area contributed by atoms with Crippen molar-refractivity contribution >= 4 is 27.8 Å². The average Bonchev–Trinajstić information content (AvgIpc) is 3.84. The van der Waals surface area contributed by atoms with Gasteiger partial charge in [-0.2, -0.15) is 0 Å². The van der Waals surface area contributed by atoms with Crippen LogP contribution in [0.4, 0.5) is 17.1 Å². The topological polar surface area (TPSA) is 3.24 Å². The molecule has 0 saturated carbocycles. The Kier molecular flexibility index (Phi) is 9.49. The Labute approximate surface area is 405 Å². The first-order valence-corrected chi connectivity index (χ1v) is 24.2. The second-order valence-electron chi connectivity index (χ2n) is 19.2. The highest BCUT2D eigenvalue weighted by Crippen LogP contribution is 2.59. The van der Waals surface area contributed by atoms with E-state index in [9.17, 15) is 0 Å². The van der Waals surface area contributed by atoms with Gasteiger partial charge in [0, 0.05) is 22.4 Å². The summed E-state index contributed by atoms with van der Waals surface area (Å²) in [5, 5.41) is 2.49. The van der Waals surface area contributed by atoms with Crippen molar-refractivity contribution in [1.82, 2.24) is 0 Å². The standard InChI is InChI=1S/C68H49N/c1-67(2)62-31-16-14-28-57(62)59-42-37-50(43-64(59)67)60-44-61-58-29-15-17-32-63(58)68(51-23-8-4-9-24-51,52-25-10-5-11-26-52)65(61)45-66(60)69(53-38-33-47(34-39-53)46-19-6-3-7-20-46)54-40-35-49(36-41-54)56-30-18-22-48-21-12-13-27-55(48)56/h3-45H,1-2H3. The third-order valence-corrected chi connectivity index (χ3v) is 15.2. The molecular weight excluding hydrogens is 831 g/mol. The molecule has 326 valence electrons. The van der Waals surface area contributed by atoms with Crippen LogP contribution in [0.5, 0.6) is 0 Å². The Morgan fingerprint density at radius 2 is 0.783 bits per heavy atom. The molecule has 0 aliphatic heterocycles. The average molecular weight is 880 g/mol. The SMILES string of the molecule is CC1(C)c2ccccc2-c2ccc(-c3cc4c(cc3N(c3ccc(-c5ccccc5)cc3)c3ccc(-c5cccc6ccccc56)cc3)C(c3ccccc3)(c3ccccc3)c3ccccc3-4)cc21. The van der Waals surface area contributed by atoms with E-state index >= 15 is 0 Å². The molecular formula is C68H49N. The van der Waals surface area contributed by atoms with Crippen LogP contribution >= 0.6 is 0 Å². The van der Waals surface area contributed by atoms with Crippen LogP contribution in [-0.4, -0.2) is 0 Å². The summed E-state index contributed by atoms with van der Waals surface area (Å²) in [6.07, 6.45) is 0. The molecule has 0 atom stereocenters. The van der Waals surface area contributed by atoms with E-state index in [-0.39, 0.29) is 5.41 Å². The van der Waals surface area contributed by atoms with Gasteiger partial charge in [0.15, 0.2) is 0 Å². The molecule has 0 saturated heterocycles. The van der Waals surface area contributed by atoms with Crippen LogP contribution in [0.15, 0.2) is 261 Å². The minimum atomic E-state index is -0.579. The summed E-state index contributed by atoms with van der Waals surface area (Å²) < 4.78 is 0. The van der Waals surface area contributed by atoms with Crippen molar-refractivity contribution in [3.63, 3.8) is 0 Å². The largest absolute Gasteiger partial charge is 0.310 e. The predicted octanol–water partition coefficient (Wildman–Crippen LogP) is 18.0. The number of rotatable bonds is 8. The van der Waals surface area contributed by atoms with E-state index in [2.05, 4.69) is 280 Å². The molecule has 11 aromatic rings. The number of hydrogen-bond acceptors (Lipinski definition) is 1. The first-order chi connectivity index (χ1) is 34.0. The van der Waals surface area contributed by atoms with Crippen molar-refractivity contribution in [3.8, 4) is 55.6 Å². The summed E-state index contributed by atoms with van der Waals surface area (Å²) in [5.74, 6) is 0. The Morgan fingerprint density at radius 3 is 1.46 bits per heavy atom. The Hall–Kier alpha value is -8.52. The lowest BCUT2D eigenvalue weighted by molar-refractivity contribution is 0.660. The number of nitrogens with zero attached hydrogens (tertiary/aromatic N) is 1. The van der Waals surface area contributed by atoms with Crippen LogP contribution in [0.3, 0.4) is 0 Å². The molecule has 0 heterocycles. The quantitative estimate of drug-likeness (QED) is 0.147. The van der Waals surface area contributed by atoms with Gasteiger partial charge < -0.3 is 4.90 Å². The summed E-state index contributed by atoms with van der Waals surface area (Å²) in [5.41, 5.74) is 22.7. The van der Waals surface area contributed by atoms with Gasteiger partial charge in [-0.3, -0.25) is 0 Å². The first kappa shape index (κ1) is 40.7. The fourth-order valence-electron chi connectivity index (χ4n) is 11.9. The summed E-state index contributed by atoms with van der Waals surface area (Å²) in [4.78, 5) is 2.51. The number of benzene rings is 11. The zero-order valence-electron chi connectivity index (χ0n) is 38.8. The molecule has 1 heteroatoms. The number of anilines is 3. The lowest BCUT2D eigenvalue weighted by Gasteiger charge is -2.35. The van der Waals surface area contributed by atoms with Gasteiger partial charge in [-0.15, -0.1) is 0 Å². The smallest absolute Gasteiger partial charge is 0.0714 e. The zero-order valence-corrected chi connectivity index (χ0v) is 38.8. The minimum absolute atomic E-state index is 0.161. The monoisotopic (exact) mass is 879 g/mol. The molecule has 0 fully saturated rings. The maximum absolute atomic E-state index is 2.54. The second-order valence-corrected chi connectivity index (χ2v) is 19.2. The van der Waals surface area contributed by atoms with Gasteiger partial charge in [-0.05, 0) is 137 Å². The normalized spacial score (nSPS) is 13.6. The fraction of sp³-hybridized carbons (Fsp3) is 0.0588. The van der Waals surface area contributed by atoms with Gasteiger partial charge >= 0.3 is 0 Å². The van der Waals surface area contributed by atoms with Crippen LogP contribution in [0.2, 0.25) is 0 Å². The van der Waals surface area contributed by atoms with Crippen LogP contribution in [0, 0.1) is 0 Å². The third-order valence-electron chi connectivity index (χ3n) is 15.2. The molecule has 0 N–H and O–H groups in total. The molecule has 69 heavy (non-hydrogen) atoms. The zero-order chi connectivity index (χ0) is 46.1. The third kappa shape index (κ3) is 6.38. The Morgan fingerprint density at radius 1 is 0.290 bits per heavy atom. The summed E-state index contributed by atoms with van der Waals surface area (Å²) >= 11 is 0. The van der Waals surface area contributed by atoms with E-state index in [1.165, 1.54) is 99.8 Å². The Bertz CT molecular complexity index is 3670. The van der Waals surface area contributed by atoms with Crippen molar-refractivity contribution in [2.45, 2.75) is 24.7 Å². The highest BCUT2D eigenvalue weighted by atomic mass is 15.1. The highest BCUT2D eigenvalue weighted by Gasteiger charge is 2.47. The van der Waals surface area contributed by atoms with Gasteiger partial charge in [0.1, 0.15) is 0 Å². The lowest BCUT2D eigenvalue weighted by atomic mass is 9.67. The van der Waals surface area contributed by atoms with Crippen LogP contribution in [0.25, 0.3) is 66.4 Å². The number of hydrogen-bond donors (Lipinski definition) is 0. The predicted molar refractivity (Wildman–Crippen MR) is 290 cm³/mol. The van der Waals surface area contributed by atoms with E-state index in [0.717, 1.165) is 17.1 Å². The Balaban J connectivity index is 1.10. The van der Waals surface area contributed by atoms with E-state index in [4.69, 9.17) is 0 Å². The van der Waals surface area contributed by atoms with Gasteiger partial charge in [0.2, 0.25) is 0 Å². The molecule has 0 spiro atoms. The molecule has 2 aliphatic rings. The van der Waals surface area contributed by atoms with Gasteiger partial charge in [-0.1, -0.05) is 232 Å². The lowest BCUT2D eigenvalue weighted by Crippen LogP contribution is -2.28. The summed E-state index contributed by atoms with van der Waals surface area (Å²) in [7, 11) is 0. The molecule has 0 unspecified atom stereocenters. The van der Waals surface area contributed by atoms with Crippen molar-refractivity contribution in [1.29, 1.82) is 0 Å². The van der Waals surface area contributed by atoms with Crippen LogP contribution in [-0.2, 0) is 10.8 Å². The minimum Gasteiger partial charge on any atom is -0.310 e. The van der Waals surface area contributed by atoms with Gasteiger partial charge in [-0.25, -0.2) is 0 Å². The molecule has 0 amide bonds. The van der Waals surface area contributed by atoms with Crippen molar-refractivity contribution in [2.75, 3.05) is 4.90 Å². The van der Waals surface area contributed by atoms with Crippen molar-refractivity contribution in [3.05, 3.63) is 294 Å². The molecule has 2 aliphatic carbocycles. The highest BCUT2D eigenvalue weighted by molar-refractivity contribution is 5.99. The van der Waals surface area contributed by atoms with Crippen molar-refractivity contribution in [2.24, 2.45) is 0 Å². The van der Waals surface area contributed by atoms with Gasteiger partial charge in [0.25, 0.3) is 0 Å². The maximum atomic E-state index is 2.54. The van der Waals surface area contributed by atoms with Crippen LogP contribution < -0.4 is 4.90 Å². The first-order valence-electron chi connectivity index (χ1n) is 24.2. The van der Waals surface area contributed by atoms with Crippen molar-refractivity contribution < 1.29 is 0 Å². The number of fused-ring (bicyclic) bond motifs is 7. The molecule has 1 nitrogen and oxygen atoms in total. The summed E-state index contributed by atoms with van der Waals surface area (Å²) in [6.45, 7) is 4.76. The van der Waals surface area contributed by atoms with Gasteiger partial charge in [0.05, 0.1) is 11.1 Å². The molecule has 0 aromatic heterocycles. The maximum Gasteiger partial charge on any atom is 0.0714 e. The second kappa shape index (κ2) is 16.1. The van der Waals surface area contributed by atoms with E-state index < -0.39 is 5.41 Å². The van der Waals surface area contributed by atoms with E-state index in [1.807, 2.05) is 0 Å². The van der Waals surface area contributed by atoms with Crippen LogP contribution in [0.1, 0.15) is 47.2 Å². The summed E-state index contributed by atoms with van der Waals surface area (Å²) in [6, 6.07) is 97.1.